The molecule has 0 atom stereocenters. The van der Waals surface area contributed by atoms with Crippen molar-refractivity contribution in [3.8, 4) is 0 Å². The van der Waals surface area contributed by atoms with Crippen LogP contribution in [-0.2, 0) is 0 Å². The van der Waals surface area contributed by atoms with Gasteiger partial charge in [0.15, 0.2) is 0 Å². The molecule has 0 aliphatic rings. The van der Waals surface area contributed by atoms with Gasteiger partial charge in [-0.2, -0.15) is 0 Å². The standard InChI is InChI=1S/C12H10N/c1-2-4-10-6-7-12-11(9-10)5-3-8-13-12/h2-9H,1H2/b4-2+. The van der Waals surface area contributed by atoms with Crippen LogP contribution in [0.2, 0.25) is 0 Å². The number of aromatic nitrogens is 1. The molecule has 0 amide bonds. The van der Waals surface area contributed by atoms with E-state index in [1.165, 1.54) is 0 Å². The predicted octanol–water partition coefficient (Wildman–Crippen LogP) is 3.08. The zero-order valence-electron chi connectivity index (χ0n) is 7.27. The van der Waals surface area contributed by atoms with Crippen LogP contribution in [0.3, 0.4) is 0 Å². The van der Waals surface area contributed by atoms with E-state index in [1.54, 1.807) is 12.3 Å². The van der Waals surface area contributed by atoms with Crippen molar-refractivity contribution in [1.82, 2.24) is 4.98 Å². The van der Waals surface area contributed by atoms with Gasteiger partial charge in [-0.25, -0.2) is 0 Å². The second kappa shape index (κ2) is 3.40. The van der Waals surface area contributed by atoms with Crippen LogP contribution in [0.15, 0.2) is 42.6 Å². The third-order valence-electron chi connectivity index (χ3n) is 1.94. The van der Waals surface area contributed by atoms with E-state index in [0.29, 0.717) is 0 Å². The summed E-state index contributed by atoms with van der Waals surface area (Å²) in [5, 5.41) is 1.16. The summed E-state index contributed by atoms with van der Waals surface area (Å²) >= 11 is 0. The third-order valence-corrected chi connectivity index (χ3v) is 1.94. The molecule has 0 aliphatic carbocycles. The highest BCUT2D eigenvalue weighted by atomic mass is 14.6. The molecular formula is C12H10N. The van der Waals surface area contributed by atoms with E-state index in [9.17, 15) is 0 Å². The lowest BCUT2D eigenvalue weighted by atomic mass is 10.1. The van der Waals surface area contributed by atoms with Crippen molar-refractivity contribution in [3.05, 3.63) is 55.1 Å². The summed E-state index contributed by atoms with van der Waals surface area (Å²) in [6.07, 6.45) is 5.57. The van der Waals surface area contributed by atoms with Gasteiger partial charge in [-0.05, 0) is 30.7 Å². The Morgan fingerprint density at radius 3 is 3.00 bits per heavy atom. The summed E-state index contributed by atoms with van der Waals surface area (Å²) in [5.41, 5.74) is 2.19. The third kappa shape index (κ3) is 1.59. The molecule has 0 aliphatic heterocycles. The van der Waals surface area contributed by atoms with Gasteiger partial charge in [-0.1, -0.05) is 24.3 Å². The molecule has 0 saturated carbocycles. The van der Waals surface area contributed by atoms with Gasteiger partial charge in [-0.3, -0.25) is 4.98 Å². The Bertz CT molecular complexity index is 444. The fourth-order valence-electron chi connectivity index (χ4n) is 1.33. The number of allylic oxidation sites excluding steroid dienone is 1. The van der Waals surface area contributed by atoms with Crippen LogP contribution < -0.4 is 0 Å². The molecule has 2 aromatic rings. The first-order chi connectivity index (χ1) is 6.40. The van der Waals surface area contributed by atoms with Crippen molar-refractivity contribution < 1.29 is 0 Å². The van der Waals surface area contributed by atoms with Gasteiger partial charge in [-0.15, -0.1) is 0 Å². The molecule has 13 heavy (non-hydrogen) atoms. The summed E-state index contributed by atoms with van der Waals surface area (Å²) in [5.74, 6) is 0. The Labute approximate surface area is 77.7 Å². The molecule has 1 heterocycles. The fourth-order valence-corrected chi connectivity index (χ4v) is 1.33. The molecule has 0 N–H and O–H groups in total. The van der Waals surface area contributed by atoms with Crippen LogP contribution in [0.4, 0.5) is 0 Å². The molecule has 2 rings (SSSR count). The van der Waals surface area contributed by atoms with Crippen LogP contribution in [0.25, 0.3) is 17.0 Å². The minimum atomic E-state index is 1.03. The van der Waals surface area contributed by atoms with Gasteiger partial charge in [0.05, 0.1) is 5.52 Å². The van der Waals surface area contributed by atoms with Crippen molar-refractivity contribution in [2.45, 2.75) is 0 Å². The van der Waals surface area contributed by atoms with Crippen LogP contribution in [0.1, 0.15) is 5.56 Å². The van der Waals surface area contributed by atoms with Gasteiger partial charge in [0, 0.05) is 11.6 Å². The van der Waals surface area contributed by atoms with E-state index < -0.39 is 0 Å². The van der Waals surface area contributed by atoms with E-state index in [4.69, 9.17) is 0 Å². The Balaban J connectivity index is 2.62. The summed E-state index contributed by atoms with van der Waals surface area (Å²) in [7, 11) is 0. The predicted molar refractivity (Wildman–Crippen MR) is 56.1 cm³/mol. The molecule has 0 spiro atoms. The van der Waals surface area contributed by atoms with Crippen molar-refractivity contribution in [1.29, 1.82) is 0 Å². The van der Waals surface area contributed by atoms with Crippen LogP contribution in [0.5, 0.6) is 0 Å². The molecule has 0 bridgehead atoms. The first-order valence-electron chi connectivity index (χ1n) is 4.21. The van der Waals surface area contributed by atoms with E-state index in [0.717, 1.165) is 16.5 Å². The number of hydrogen-bond donors (Lipinski definition) is 0. The van der Waals surface area contributed by atoms with E-state index in [-0.39, 0.29) is 0 Å². The Hall–Kier alpha value is -1.63. The SMILES string of the molecule is [CH2]/C=C/c1ccc2ncccc2c1. The molecule has 1 heteroatoms. The minimum absolute atomic E-state index is 1.03. The van der Waals surface area contributed by atoms with Crippen molar-refractivity contribution >= 4 is 17.0 Å². The summed E-state index contributed by atoms with van der Waals surface area (Å²) in [4.78, 5) is 4.24. The monoisotopic (exact) mass is 168 g/mol. The average molecular weight is 168 g/mol. The molecule has 0 fully saturated rings. The molecule has 63 valence electrons. The van der Waals surface area contributed by atoms with Crippen LogP contribution in [0, 0.1) is 6.92 Å². The van der Waals surface area contributed by atoms with E-state index >= 15 is 0 Å². The highest BCUT2D eigenvalue weighted by molar-refractivity contribution is 5.80. The summed E-state index contributed by atoms with van der Waals surface area (Å²) in [6, 6.07) is 10.2. The van der Waals surface area contributed by atoms with Crippen molar-refractivity contribution in [2.75, 3.05) is 0 Å². The molecular weight excluding hydrogens is 158 g/mol. The number of pyridine rings is 1. The number of rotatable bonds is 1. The lowest BCUT2D eigenvalue weighted by Crippen LogP contribution is -1.78. The number of fused-ring (bicyclic) bond motifs is 1. The average Bonchev–Trinajstić information content (AvgIpc) is 2.18. The Morgan fingerprint density at radius 2 is 2.15 bits per heavy atom. The molecule has 1 aromatic carbocycles. The maximum absolute atomic E-state index is 4.24. The smallest absolute Gasteiger partial charge is 0.0702 e. The van der Waals surface area contributed by atoms with Gasteiger partial charge in [0.25, 0.3) is 0 Å². The molecule has 1 nitrogen and oxygen atoms in total. The van der Waals surface area contributed by atoms with Crippen molar-refractivity contribution in [3.63, 3.8) is 0 Å². The van der Waals surface area contributed by atoms with E-state index in [1.807, 2.05) is 24.3 Å². The minimum Gasteiger partial charge on any atom is -0.256 e. The first kappa shape index (κ1) is 7.99. The normalized spacial score (nSPS) is 11.2. The maximum Gasteiger partial charge on any atom is 0.0702 e. The molecule has 0 unspecified atom stereocenters. The number of hydrogen-bond acceptors (Lipinski definition) is 1. The lowest BCUT2D eigenvalue weighted by molar-refractivity contribution is 1.41. The van der Waals surface area contributed by atoms with Crippen LogP contribution in [-0.4, -0.2) is 4.98 Å². The highest BCUT2D eigenvalue weighted by Gasteiger charge is 1.92. The van der Waals surface area contributed by atoms with Gasteiger partial charge < -0.3 is 0 Å². The number of nitrogens with zero attached hydrogens (tertiary/aromatic N) is 1. The second-order valence-electron chi connectivity index (χ2n) is 2.86. The zero-order chi connectivity index (χ0) is 9.10. The van der Waals surface area contributed by atoms with Crippen molar-refractivity contribution in [2.24, 2.45) is 0 Å². The summed E-state index contributed by atoms with van der Waals surface area (Å²) in [6.45, 7) is 3.66. The van der Waals surface area contributed by atoms with Crippen LogP contribution >= 0.6 is 0 Å². The highest BCUT2D eigenvalue weighted by Crippen LogP contribution is 2.13. The number of benzene rings is 1. The molecule has 0 saturated heterocycles. The van der Waals surface area contributed by atoms with Gasteiger partial charge in [0.2, 0.25) is 0 Å². The largest absolute Gasteiger partial charge is 0.256 e. The summed E-state index contributed by atoms with van der Waals surface area (Å²) < 4.78 is 0. The van der Waals surface area contributed by atoms with Gasteiger partial charge >= 0.3 is 0 Å². The molecule has 1 aromatic heterocycles. The Morgan fingerprint density at radius 1 is 1.23 bits per heavy atom. The Kier molecular flexibility index (Phi) is 2.09. The van der Waals surface area contributed by atoms with Gasteiger partial charge in [0.1, 0.15) is 0 Å². The van der Waals surface area contributed by atoms with E-state index in [2.05, 4.69) is 24.0 Å². The topological polar surface area (TPSA) is 12.9 Å². The lowest BCUT2D eigenvalue weighted by Gasteiger charge is -1.97. The quantitative estimate of drug-likeness (QED) is 0.637. The second-order valence-corrected chi connectivity index (χ2v) is 2.86. The maximum atomic E-state index is 4.24. The molecule has 1 radical (unpaired) electrons. The first-order valence-corrected chi connectivity index (χ1v) is 4.21. The fraction of sp³-hybridized carbons (Fsp3) is 0. The zero-order valence-corrected chi connectivity index (χ0v) is 7.27.